The molecule has 0 radical (unpaired) electrons. The maximum absolute atomic E-state index is 12.0. The highest BCUT2D eigenvalue weighted by molar-refractivity contribution is 6.29. The van der Waals surface area contributed by atoms with E-state index < -0.39 is 0 Å². The Hall–Kier alpha value is -2.78. The van der Waals surface area contributed by atoms with Crippen LogP contribution in [-0.4, -0.2) is 37.0 Å². The zero-order chi connectivity index (χ0) is 17.0. The Morgan fingerprint density at radius 3 is 2.61 bits per heavy atom. The van der Waals surface area contributed by atoms with Gasteiger partial charge in [0.05, 0.1) is 18.7 Å². The first-order valence-corrected chi connectivity index (χ1v) is 6.97. The molecule has 0 spiro atoms. The minimum Gasteiger partial charge on any atom is -0.493 e. The number of aromatic nitrogens is 1. The summed E-state index contributed by atoms with van der Waals surface area (Å²) in [6.45, 7) is 0. The molecule has 118 valence electrons. The van der Waals surface area contributed by atoms with Gasteiger partial charge in [-0.05, 0) is 18.2 Å². The van der Waals surface area contributed by atoms with Gasteiger partial charge in [0.2, 0.25) is 5.88 Å². The summed E-state index contributed by atoms with van der Waals surface area (Å²) in [5.74, 6) is 0.656. The number of hydrogen-bond acceptors (Lipinski definition) is 5. The first-order valence-electron chi connectivity index (χ1n) is 6.60. The van der Waals surface area contributed by atoms with Crippen LogP contribution in [0.3, 0.4) is 0 Å². The summed E-state index contributed by atoms with van der Waals surface area (Å²) >= 11 is 5.95. The number of methoxy groups -OCH3 is 1. The Bertz CT molecular complexity index is 785. The Balaban J connectivity index is 2.41. The van der Waals surface area contributed by atoms with Crippen LogP contribution in [0.1, 0.15) is 15.9 Å². The summed E-state index contributed by atoms with van der Waals surface area (Å²) in [5, 5.41) is 9.11. The molecule has 1 amide bonds. The Kier molecular flexibility index (Phi) is 5.04. The van der Waals surface area contributed by atoms with Crippen LogP contribution in [0.25, 0.3) is 0 Å². The average molecular weight is 332 g/mol. The summed E-state index contributed by atoms with van der Waals surface area (Å²) in [5.41, 5.74) is 0.757. The molecule has 6 nitrogen and oxygen atoms in total. The van der Waals surface area contributed by atoms with Gasteiger partial charge in [-0.25, -0.2) is 4.98 Å². The molecule has 1 aromatic heterocycles. The van der Waals surface area contributed by atoms with Crippen molar-refractivity contribution in [1.29, 1.82) is 5.26 Å². The van der Waals surface area contributed by atoms with Gasteiger partial charge >= 0.3 is 0 Å². The molecule has 0 aliphatic carbocycles. The van der Waals surface area contributed by atoms with E-state index in [2.05, 4.69) is 4.98 Å². The van der Waals surface area contributed by atoms with Crippen molar-refractivity contribution in [1.82, 2.24) is 9.88 Å². The van der Waals surface area contributed by atoms with Crippen molar-refractivity contribution in [2.75, 3.05) is 21.2 Å². The number of pyridine rings is 1. The van der Waals surface area contributed by atoms with Crippen molar-refractivity contribution in [3.05, 3.63) is 46.6 Å². The van der Waals surface area contributed by atoms with E-state index in [1.165, 1.54) is 30.2 Å². The van der Waals surface area contributed by atoms with Crippen LogP contribution in [0.4, 0.5) is 0 Å². The molecule has 0 aliphatic heterocycles. The number of rotatable bonds is 4. The molecule has 0 saturated carbocycles. The molecule has 1 heterocycles. The van der Waals surface area contributed by atoms with Crippen molar-refractivity contribution < 1.29 is 14.3 Å². The van der Waals surface area contributed by atoms with Crippen molar-refractivity contribution in [2.45, 2.75) is 0 Å². The van der Waals surface area contributed by atoms with E-state index in [1.54, 1.807) is 26.2 Å². The standard InChI is InChI=1S/C16H14ClN3O3/c1-20(2)16(21)11-7-14(17)19-15(8-11)23-13-6-10(9-18)4-5-12(13)22-3/h4-8H,1-3H3. The number of nitriles is 1. The van der Waals surface area contributed by atoms with Gasteiger partial charge in [-0.2, -0.15) is 5.26 Å². The summed E-state index contributed by atoms with van der Waals surface area (Å²) < 4.78 is 10.8. The number of nitrogens with zero attached hydrogens (tertiary/aromatic N) is 3. The van der Waals surface area contributed by atoms with Gasteiger partial charge in [0.25, 0.3) is 5.91 Å². The van der Waals surface area contributed by atoms with Crippen molar-refractivity contribution in [3.63, 3.8) is 0 Å². The lowest BCUT2D eigenvalue weighted by molar-refractivity contribution is 0.0827. The summed E-state index contributed by atoms with van der Waals surface area (Å²) in [7, 11) is 4.76. The molecular formula is C16H14ClN3O3. The molecule has 0 fully saturated rings. The molecule has 7 heteroatoms. The van der Waals surface area contributed by atoms with E-state index >= 15 is 0 Å². The summed E-state index contributed by atoms with van der Waals surface area (Å²) in [6, 6.07) is 9.70. The van der Waals surface area contributed by atoms with Crippen LogP contribution in [-0.2, 0) is 0 Å². The van der Waals surface area contributed by atoms with E-state index in [1.807, 2.05) is 6.07 Å². The minimum atomic E-state index is -0.225. The lowest BCUT2D eigenvalue weighted by atomic mass is 10.2. The molecule has 0 aliphatic rings. The second-order valence-electron chi connectivity index (χ2n) is 4.80. The molecule has 0 unspecified atom stereocenters. The number of benzene rings is 1. The largest absolute Gasteiger partial charge is 0.493 e. The van der Waals surface area contributed by atoms with Gasteiger partial charge < -0.3 is 14.4 Å². The van der Waals surface area contributed by atoms with Crippen LogP contribution < -0.4 is 9.47 Å². The molecule has 0 saturated heterocycles. The van der Waals surface area contributed by atoms with Crippen LogP contribution >= 0.6 is 11.6 Å². The summed E-state index contributed by atoms with van der Waals surface area (Å²) in [6.07, 6.45) is 0. The van der Waals surface area contributed by atoms with E-state index in [0.29, 0.717) is 22.6 Å². The van der Waals surface area contributed by atoms with Gasteiger partial charge in [0.15, 0.2) is 11.5 Å². The quantitative estimate of drug-likeness (QED) is 0.805. The summed E-state index contributed by atoms with van der Waals surface area (Å²) in [4.78, 5) is 17.5. The molecule has 2 aromatic rings. The third-order valence-corrected chi connectivity index (χ3v) is 3.12. The van der Waals surface area contributed by atoms with E-state index in [9.17, 15) is 4.79 Å². The fourth-order valence-corrected chi connectivity index (χ4v) is 2.05. The highest BCUT2D eigenvalue weighted by Gasteiger charge is 2.14. The molecule has 0 N–H and O–H groups in total. The van der Waals surface area contributed by atoms with Gasteiger partial charge in [0.1, 0.15) is 5.15 Å². The fraction of sp³-hybridized carbons (Fsp3) is 0.188. The van der Waals surface area contributed by atoms with Crippen LogP contribution in [0.2, 0.25) is 5.15 Å². The Morgan fingerprint density at radius 2 is 2.00 bits per heavy atom. The van der Waals surface area contributed by atoms with Gasteiger partial charge in [-0.1, -0.05) is 11.6 Å². The van der Waals surface area contributed by atoms with Crippen LogP contribution in [0, 0.1) is 11.3 Å². The zero-order valence-electron chi connectivity index (χ0n) is 12.8. The molecule has 2 rings (SSSR count). The first kappa shape index (κ1) is 16.6. The Labute approximate surface area is 138 Å². The Morgan fingerprint density at radius 1 is 1.26 bits per heavy atom. The molecular weight excluding hydrogens is 318 g/mol. The van der Waals surface area contributed by atoms with Crippen molar-refractivity contribution >= 4 is 17.5 Å². The highest BCUT2D eigenvalue weighted by atomic mass is 35.5. The second kappa shape index (κ2) is 6.99. The van der Waals surface area contributed by atoms with Crippen molar-refractivity contribution in [2.24, 2.45) is 0 Å². The molecule has 0 atom stereocenters. The lowest BCUT2D eigenvalue weighted by Crippen LogP contribution is -2.21. The minimum absolute atomic E-state index is 0.128. The van der Waals surface area contributed by atoms with Gasteiger partial charge in [0, 0.05) is 31.8 Å². The van der Waals surface area contributed by atoms with E-state index in [0.717, 1.165) is 0 Å². The number of hydrogen-bond donors (Lipinski definition) is 0. The third-order valence-electron chi connectivity index (χ3n) is 2.93. The van der Waals surface area contributed by atoms with Gasteiger partial charge in [-0.15, -0.1) is 0 Å². The molecule has 0 bridgehead atoms. The number of carbonyl (C=O) groups excluding carboxylic acids is 1. The van der Waals surface area contributed by atoms with E-state index in [-0.39, 0.29) is 16.9 Å². The normalized spacial score (nSPS) is 9.87. The monoisotopic (exact) mass is 331 g/mol. The first-order chi connectivity index (χ1) is 10.9. The number of carbonyl (C=O) groups is 1. The zero-order valence-corrected chi connectivity index (χ0v) is 13.6. The fourth-order valence-electron chi connectivity index (χ4n) is 1.85. The predicted molar refractivity (Wildman–Crippen MR) is 85.0 cm³/mol. The maximum Gasteiger partial charge on any atom is 0.253 e. The number of ether oxygens (including phenoxy) is 2. The molecule has 1 aromatic carbocycles. The van der Waals surface area contributed by atoms with E-state index in [4.69, 9.17) is 26.3 Å². The number of halogens is 1. The smallest absolute Gasteiger partial charge is 0.253 e. The third kappa shape index (κ3) is 3.90. The topological polar surface area (TPSA) is 75.5 Å². The SMILES string of the molecule is COc1ccc(C#N)cc1Oc1cc(C(=O)N(C)C)cc(Cl)n1. The second-order valence-corrected chi connectivity index (χ2v) is 5.18. The van der Waals surface area contributed by atoms with Crippen molar-refractivity contribution in [3.8, 4) is 23.4 Å². The maximum atomic E-state index is 12.0. The average Bonchev–Trinajstić information content (AvgIpc) is 2.53. The van der Waals surface area contributed by atoms with Crippen LogP contribution in [0.15, 0.2) is 30.3 Å². The number of amides is 1. The lowest BCUT2D eigenvalue weighted by Gasteiger charge is -2.13. The van der Waals surface area contributed by atoms with Crippen LogP contribution in [0.5, 0.6) is 17.4 Å². The predicted octanol–water partition coefficient (Wildman–Crippen LogP) is 3.11. The molecule has 23 heavy (non-hydrogen) atoms. The highest BCUT2D eigenvalue weighted by Crippen LogP contribution is 2.32. The van der Waals surface area contributed by atoms with Gasteiger partial charge in [-0.3, -0.25) is 4.79 Å².